The first-order chi connectivity index (χ1) is 11.2. The normalized spacial score (nSPS) is 13.4. The number of amides is 1. The number of benzene rings is 1. The summed E-state index contributed by atoms with van der Waals surface area (Å²) in [5.74, 6) is -0.324. The Kier molecular flexibility index (Phi) is 3.61. The molecule has 2 heterocycles. The second kappa shape index (κ2) is 5.77. The van der Waals surface area contributed by atoms with E-state index in [0.29, 0.717) is 18.1 Å². The lowest BCUT2D eigenvalue weighted by Crippen LogP contribution is -2.14. The van der Waals surface area contributed by atoms with Gasteiger partial charge in [0.2, 0.25) is 5.91 Å². The maximum absolute atomic E-state index is 13.4. The fourth-order valence-corrected chi connectivity index (χ4v) is 4.07. The van der Waals surface area contributed by atoms with Crippen LogP contribution in [-0.2, 0) is 24.2 Å². The fourth-order valence-electron chi connectivity index (χ4n) is 3.00. The highest BCUT2D eigenvalue weighted by atomic mass is 32.1. The average molecular weight is 329 g/mol. The second-order valence-corrected chi connectivity index (χ2v) is 6.84. The molecule has 118 valence electrons. The highest BCUT2D eigenvalue weighted by Gasteiger charge is 2.17. The zero-order valence-electron chi connectivity index (χ0n) is 12.5. The van der Waals surface area contributed by atoms with Gasteiger partial charge in [0.15, 0.2) is 5.13 Å². The molecule has 0 atom stereocenters. The Morgan fingerprint density at radius 2 is 2.26 bits per heavy atom. The van der Waals surface area contributed by atoms with E-state index in [1.165, 1.54) is 23.4 Å². The summed E-state index contributed by atoms with van der Waals surface area (Å²) in [5, 5.41) is 4.55. The van der Waals surface area contributed by atoms with Crippen LogP contribution in [0.15, 0.2) is 30.5 Å². The van der Waals surface area contributed by atoms with Crippen LogP contribution in [0, 0.1) is 5.82 Å². The molecule has 0 fully saturated rings. The van der Waals surface area contributed by atoms with Crippen LogP contribution in [-0.4, -0.2) is 15.5 Å². The standard InChI is InChI=1S/C17H16FN3OS/c18-12-5-4-11-6-8-21(14(11)10-12)9-7-16(22)20-17-19-13-2-1-3-15(13)23-17/h4-6,8,10H,1-3,7,9H2,(H,19,20,22). The molecule has 0 unspecified atom stereocenters. The number of aryl methyl sites for hydroxylation is 3. The van der Waals surface area contributed by atoms with Crippen molar-refractivity contribution < 1.29 is 9.18 Å². The third-order valence-corrected chi connectivity index (χ3v) is 5.23. The predicted octanol–water partition coefficient (Wildman–Crippen LogP) is 3.75. The third-order valence-electron chi connectivity index (χ3n) is 4.16. The van der Waals surface area contributed by atoms with Crippen molar-refractivity contribution >= 4 is 33.3 Å². The lowest BCUT2D eigenvalue weighted by atomic mass is 10.2. The van der Waals surface area contributed by atoms with Crippen LogP contribution in [0.25, 0.3) is 10.9 Å². The summed E-state index contributed by atoms with van der Waals surface area (Å²) in [6.45, 7) is 0.518. The van der Waals surface area contributed by atoms with Crippen LogP contribution >= 0.6 is 11.3 Å². The van der Waals surface area contributed by atoms with Gasteiger partial charge in [-0.15, -0.1) is 11.3 Å². The molecule has 0 spiro atoms. The number of anilines is 1. The van der Waals surface area contributed by atoms with Crippen molar-refractivity contribution in [3.63, 3.8) is 0 Å². The summed E-state index contributed by atoms with van der Waals surface area (Å²) in [5.41, 5.74) is 1.95. The molecule has 1 aliphatic carbocycles. The summed E-state index contributed by atoms with van der Waals surface area (Å²) in [6, 6.07) is 6.62. The number of carbonyl (C=O) groups excluding carboxylic acids is 1. The number of carbonyl (C=O) groups is 1. The Bertz CT molecular complexity index is 862. The van der Waals surface area contributed by atoms with Gasteiger partial charge in [0.1, 0.15) is 5.82 Å². The molecule has 0 bridgehead atoms. The van der Waals surface area contributed by atoms with Gasteiger partial charge in [0.05, 0.1) is 11.2 Å². The lowest BCUT2D eigenvalue weighted by Gasteiger charge is -2.05. The van der Waals surface area contributed by atoms with Crippen molar-refractivity contribution in [2.24, 2.45) is 0 Å². The minimum atomic E-state index is -0.265. The molecule has 1 amide bonds. The van der Waals surface area contributed by atoms with Gasteiger partial charge >= 0.3 is 0 Å². The molecule has 2 aromatic heterocycles. The van der Waals surface area contributed by atoms with E-state index in [-0.39, 0.29) is 11.7 Å². The first-order valence-electron chi connectivity index (χ1n) is 7.72. The molecule has 0 saturated carbocycles. The largest absolute Gasteiger partial charge is 0.347 e. The van der Waals surface area contributed by atoms with E-state index in [1.807, 2.05) is 16.8 Å². The Balaban J connectivity index is 1.41. The van der Waals surface area contributed by atoms with Crippen LogP contribution in [0.4, 0.5) is 9.52 Å². The van der Waals surface area contributed by atoms with Gasteiger partial charge in [-0.2, -0.15) is 0 Å². The molecule has 4 nitrogen and oxygen atoms in total. The summed E-state index contributed by atoms with van der Waals surface area (Å²) in [6.07, 6.45) is 5.48. The smallest absolute Gasteiger partial charge is 0.227 e. The van der Waals surface area contributed by atoms with Crippen molar-refractivity contribution in [2.45, 2.75) is 32.2 Å². The summed E-state index contributed by atoms with van der Waals surface area (Å²) < 4.78 is 15.3. The van der Waals surface area contributed by atoms with E-state index in [1.54, 1.807) is 17.4 Å². The minimum absolute atomic E-state index is 0.0596. The summed E-state index contributed by atoms with van der Waals surface area (Å²) >= 11 is 1.58. The number of thiazole rings is 1. The zero-order chi connectivity index (χ0) is 15.8. The van der Waals surface area contributed by atoms with Gasteiger partial charge in [0, 0.05) is 24.0 Å². The zero-order valence-corrected chi connectivity index (χ0v) is 13.3. The van der Waals surface area contributed by atoms with E-state index >= 15 is 0 Å². The molecule has 23 heavy (non-hydrogen) atoms. The van der Waals surface area contributed by atoms with Crippen LogP contribution in [0.5, 0.6) is 0 Å². The highest BCUT2D eigenvalue weighted by Crippen LogP contribution is 2.30. The number of halogens is 1. The molecule has 6 heteroatoms. The van der Waals surface area contributed by atoms with Gasteiger partial charge in [-0.1, -0.05) is 0 Å². The third kappa shape index (κ3) is 2.86. The SMILES string of the molecule is O=C(CCn1ccc2ccc(F)cc21)Nc1nc2c(s1)CCC2. The van der Waals surface area contributed by atoms with Gasteiger partial charge in [-0.05, 0) is 48.9 Å². The number of hydrogen-bond donors (Lipinski definition) is 1. The monoisotopic (exact) mass is 329 g/mol. The Labute approximate surface area is 137 Å². The molecule has 0 saturated heterocycles. The van der Waals surface area contributed by atoms with Gasteiger partial charge < -0.3 is 9.88 Å². The number of nitrogens with one attached hydrogen (secondary N) is 1. The lowest BCUT2D eigenvalue weighted by molar-refractivity contribution is -0.116. The molecule has 1 aromatic carbocycles. The second-order valence-electron chi connectivity index (χ2n) is 5.75. The van der Waals surface area contributed by atoms with Gasteiger partial charge in [-0.25, -0.2) is 9.37 Å². The van der Waals surface area contributed by atoms with Crippen molar-refractivity contribution in [1.29, 1.82) is 0 Å². The Morgan fingerprint density at radius 1 is 1.35 bits per heavy atom. The fraction of sp³-hybridized carbons (Fsp3) is 0.294. The van der Waals surface area contributed by atoms with Crippen molar-refractivity contribution in [2.75, 3.05) is 5.32 Å². The number of nitrogens with zero attached hydrogens (tertiary/aromatic N) is 2. The number of rotatable bonds is 4. The van der Waals surface area contributed by atoms with Crippen molar-refractivity contribution in [3.8, 4) is 0 Å². The number of aromatic nitrogens is 2. The molecule has 0 aliphatic heterocycles. The van der Waals surface area contributed by atoms with E-state index in [0.717, 1.165) is 29.4 Å². The number of hydrogen-bond acceptors (Lipinski definition) is 3. The first kappa shape index (κ1) is 14.4. The Hall–Kier alpha value is -2.21. The van der Waals surface area contributed by atoms with Crippen molar-refractivity contribution in [1.82, 2.24) is 9.55 Å². The topological polar surface area (TPSA) is 46.9 Å². The predicted molar refractivity (Wildman–Crippen MR) is 89.3 cm³/mol. The highest BCUT2D eigenvalue weighted by molar-refractivity contribution is 7.15. The summed E-state index contributed by atoms with van der Waals surface area (Å²) in [4.78, 5) is 17.9. The molecule has 1 aliphatic rings. The maximum Gasteiger partial charge on any atom is 0.227 e. The van der Waals surface area contributed by atoms with E-state index in [9.17, 15) is 9.18 Å². The van der Waals surface area contributed by atoms with E-state index in [4.69, 9.17) is 0 Å². The minimum Gasteiger partial charge on any atom is -0.347 e. The maximum atomic E-state index is 13.4. The van der Waals surface area contributed by atoms with Crippen molar-refractivity contribution in [3.05, 3.63) is 46.9 Å². The molecule has 4 rings (SSSR count). The van der Waals surface area contributed by atoms with Crippen LogP contribution in [0.3, 0.4) is 0 Å². The number of fused-ring (bicyclic) bond motifs is 2. The molecule has 3 aromatic rings. The van der Waals surface area contributed by atoms with Crippen LogP contribution < -0.4 is 5.32 Å². The first-order valence-corrected chi connectivity index (χ1v) is 8.53. The molecular weight excluding hydrogens is 313 g/mol. The van der Waals surface area contributed by atoms with Crippen LogP contribution in [0.1, 0.15) is 23.4 Å². The quantitative estimate of drug-likeness (QED) is 0.792. The van der Waals surface area contributed by atoms with Gasteiger partial charge in [-0.3, -0.25) is 4.79 Å². The molecule has 1 N–H and O–H groups in total. The molecular formula is C17H16FN3OS. The van der Waals surface area contributed by atoms with Gasteiger partial charge in [0.25, 0.3) is 0 Å². The Morgan fingerprint density at radius 3 is 3.13 bits per heavy atom. The van der Waals surface area contributed by atoms with Crippen LogP contribution in [0.2, 0.25) is 0 Å². The van der Waals surface area contributed by atoms with E-state index in [2.05, 4.69) is 10.3 Å². The average Bonchev–Trinajstić information content (AvgIpc) is 3.19. The summed E-state index contributed by atoms with van der Waals surface area (Å²) in [7, 11) is 0. The molecule has 0 radical (unpaired) electrons. The van der Waals surface area contributed by atoms with E-state index < -0.39 is 0 Å².